The van der Waals surface area contributed by atoms with Crippen molar-refractivity contribution in [3.8, 4) is 79.1 Å². The summed E-state index contributed by atoms with van der Waals surface area (Å²) in [5.41, 5.74) is 22.9. The van der Waals surface area contributed by atoms with Crippen LogP contribution < -0.4 is 0 Å². The normalized spacial score (nSPS) is 11.4. The van der Waals surface area contributed by atoms with E-state index in [1.807, 2.05) is 24.3 Å². The second-order valence-corrected chi connectivity index (χ2v) is 18.5. The molecule has 0 unspecified atom stereocenters. The molecule has 2 heterocycles. The predicted molar refractivity (Wildman–Crippen MR) is 291 cm³/mol. The predicted octanol–water partition coefficient (Wildman–Crippen LogP) is 17.2. The zero-order chi connectivity index (χ0) is 47.6. The molecule has 0 spiro atoms. The largest absolute Gasteiger partial charge is 0.308 e. The van der Waals surface area contributed by atoms with Crippen molar-refractivity contribution < 1.29 is 0 Å². The Morgan fingerprint density at radius 2 is 0.543 bits per heavy atom. The van der Waals surface area contributed by atoms with Crippen molar-refractivity contribution in [1.82, 2.24) is 9.13 Å². The van der Waals surface area contributed by atoms with Gasteiger partial charge in [0.25, 0.3) is 0 Å². The first-order valence-electron chi connectivity index (χ1n) is 23.8. The molecule has 4 heteroatoms. The SMILES string of the molecule is Cc1ccccc1-c1ccc2c(c1)c1cc(-c3ccccc3C)ccc1n2-c1cc(-c2ccc(C#N)c(-n3c4ccc(-c5ccccc5C)cc4c4cc(-c5ccccc5C)ccc43)c2)ccc1C#N. The molecule has 12 rings (SSSR count). The van der Waals surface area contributed by atoms with E-state index >= 15 is 0 Å². The number of aryl methyl sites for hydroxylation is 4. The molecule has 0 bridgehead atoms. The van der Waals surface area contributed by atoms with Gasteiger partial charge in [0.05, 0.1) is 44.6 Å². The zero-order valence-electron chi connectivity index (χ0n) is 39.4. The molecule has 0 radical (unpaired) electrons. The van der Waals surface area contributed by atoms with Crippen LogP contribution in [0, 0.1) is 50.4 Å². The highest BCUT2D eigenvalue weighted by atomic mass is 15.0. The lowest BCUT2D eigenvalue weighted by molar-refractivity contribution is 1.16. The summed E-state index contributed by atoms with van der Waals surface area (Å²) in [6.45, 7) is 8.63. The highest BCUT2D eigenvalue weighted by Crippen LogP contribution is 2.42. The first-order valence-corrected chi connectivity index (χ1v) is 23.8. The topological polar surface area (TPSA) is 57.4 Å². The molecule has 12 aromatic rings. The van der Waals surface area contributed by atoms with E-state index in [-0.39, 0.29) is 0 Å². The highest BCUT2D eigenvalue weighted by molar-refractivity contribution is 6.13. The number of fused-ring (bicyclic) bond motifs is 6. The fourth-order valence-corrected chi connectivity index (χ4v) is 10.8. The third-order valence-electron chi connectivity index (χ3n) is 14.4. The first-order chi connectivity index (χ1) is 34.3. The van der Waals surface area contributed by atoms with Crippen LogP contribution in [0.4, 0.5) is 0 Å². The van der Waals surface area contributed by atoms with Crippen molar-refractivity contribution in [1.29, 1.82) is 10.5 Å². The summed E-state index contributed by atoms with van der Waals surface area (Å²) in [5, 5.41) is 26.1. The maximum absolute atomic E-state index is 10.8. The molecule has 0 saturated carbocycles. The molecule has 0 N–H and O–H groups in total. The average molecular weight is 895 g/mol. The van der Waals surface area contributed by atoms with Crippen molar-refractivity contribution in [3.05, 3.63) is 240 Å². The summed E-state index contributed by atoms with van der Waals surface area (Å²) < 4.78 is 4.51. The van der Waals surface area contributed by atoms with Gasteiger partial charge >= 0.3 is 0 Å². The van der Waals surface area contributed by atoms with Crippen molar-refractivity contribution in [2.45, 2.75) is 27.7 Å². The van der Waals surface area contributed by atoms with E-state index in [0.29, 0.717) is 11.1 Å². The summed E-state index contributed by atoms with van der Waals surface area (Å²) in [7, 11) is 0. The molecule has 4 nitrogen and oxygen atoms in total. The van der Waals surface area contributed by atoms with E-state index in [1.54, 1.807) is 0 Å². The Balaban J connectivity index is 1.06. The van der Waals surface area contributed by atoms with Crippen LogP contribution in [0.15, 0.2) is 206 Å². The molecule has 0 atom stereocenters. The standard InChI is InChI=1S/C66H46N4/c1-41-13-5-9-17-53(41)47-25-29-61-57(33-47)58-34-48(54-18-10-6-14-42(54)2)26-30-62(58)69(61)65-37-45(21-23-51(65)39-67)46-22-24-52(40-68)66(38-46)70-63-31-27-49(55-19-11-7-15-43(55)3)35-59(63)60-36-50(28-32-64(60)70)56-20-12-8-16-44(56)4/h5-38H,1-4H3. The Morgan fingerprint density at radius 3 is 0.800 bits per heavy atom. The fourth-order valence-electron chi connectivity index (χ4n) is 10.8. The van der Waals surface area contributed by atoms with Crippen LogP contribution in [0.1, 0.15) is 33.4 Å². The van der Waals surface area contributed by atoms with Gasteiger partial charge in [-0.15, -0.1) is 0 Å². The minimum atomic E-state index is 0.568. The van der Waals surface area contributed by atoms with Crippen molar-refractivity contribution in [3.63, 3.8) is 0 Å². The number of hydrogen-bond donors (Lipinski definition) is 0. The molecule has 0 amide bonds. The van der Waals surface area contributed by atoms with Gasteiger partial charge in [0.2, 0.25) is 0 Å². The second-order valence-electron chi connectivity index (χ2n) is 18.5. The monoisotopic (exact) mass is 894 g/mol. The van der Waals surface area contributed by atoms with Gasteiger partial charge in [-0.3, -0.25) is 0 Å². The summed E-state index contributed by atoms with van der Waals surface area (Å²) in [4.78, 5) is 0. The molecule has 0 aliphatic heterocycles. The number of benzene rings is 10. The molecule has 10 aromatic carbocycles. The van der Waals surface area contributed by atoms with Gasteiger partial charge in [-0.25, -0.2) is 0 Å². The first kappa shape index (κ1) is 42.2. The van der Waals surface area contributed by atoms with Crippen molar-refractivity contribution >= 4 is 43.6 Å². The van der Waals surface area contributed by atoms with Crippen LogP contribution in [0.2, 0.25) is 0 Å². The van der Waals surface area contributed by atoms with E-state index in [2.05, 4.69) is 231 Å². The Kier molecular flexibility index (Phi) is 10.1. The average Bonchev–Trinajstić information content (AvgIpc) is 3.90. The minimum Gasteiger partial charge on any atom is -0.308 e. The minimum absolute atomic E-state index is 0.568. The van der Waals surface area contributed by atoms with E-state index < -0.39 is 0 Å². The molecule has 0 aliphatic carbocycles. The van der Waals surface area contributed by atoms with Gasteiger partial charge in [0.15, 0.2) is 0 Å². The fraction of sp³-hybridized carbons (Fsp3) is 0.0606. The smallest absolute Gasteiger partial charge is 0.101 e. The van der Waals surface area contributed by atoms with Gasteiger partial charge in [0, 0.05) is 21.5 Å². The summed E-state index contributed by atoms with van der Waals surface area (Å²) in [6.07, 6.45) is 0. The summed E-state index contributed by atoms with van der Waals surface area (Å²) in [6, 6.07) is 78.2. The van der Waals surface area contributed by atoms with Crippen LogP contribution >= 0.6 is 0 Å². The highest BCUT2D eigenvalue weighted by Gasteiger charge is 2.21. The Morgan fingerprint density at radius 1 is 0.286 bits per heavy atom. The van der Waals surface area contributed by atoms with Gasteiger partial charge in [0.1, 0.15) is 12.1 Å². The lowest BCUT2D eigenvalue weighted by Crippen LogP contribution is -2.00. The lowest BCUT2D eigenvalue weighted by atomic mass is 9.97. The second kappa shape index (κ2) is 16.8. The molecule has 70 heavy (non-hydrogen) atoms. The van der Waals surface area contributed by atoms with E-state index in [9.17, 15) is 10.5 Å². The number of aromatic nitrogens is 2. The summed E-state index contributed by atoms with van der Waals surface area (Å²) >= 11 is 0. The van der Waals surface area contributed by atoms with Crippen LogP contribution in [0.3, 0.4) is 0 Å². The number of nitrogens with zero attached hydrogens (tertiary/aromatic N) is 4. The van der Waals surface area contributed by atoms with Crippen molar-refractivity contribution in [2.75, 3.05) is 0 Å². The molecule has 0 fully saturated rings. The van der Waals surface area contributed by atoms with E-state index in [4.69, 9.17) is 0 Å². The molecule has 0 saturated heterocycles. The van der Waals surface area contributed by atoms with Gasteiger partial charge in [-0.1, -0.05) is 133 Å². The maximum Gasteiger partial charge on any atom is 0.101 e. The quantitative estimate of drug-likeness (QED) is 0.160. The van der Waals surface area contributed by atoms with E-state index in [1.165, 1.54) is 44.5 Å². The molecule has 330 valence electrons. The maximum atomic E-state index is 10.8. The molecule has 2 aromatic heterocycles. The van der Waals surface area contributed by atoms with E-state index in [0.717, 1.165) is 88.4 Å². The molecule has 0 aliphatic rings. The van der Waals surface area contributed by atoms with Crippen LogP contribution in [-0.2, 0) is 0 Å². The summed E-state index contributed by atoms with van der Waals surface area (Å²) in [5.74, 6) is 0. The van der Waals surface area contributed by atoms with Gasteiger partial charge in [-0.05, 0) is 178 Å². The lowest BCUT2D eigenvalue weighted by Gasteiger charge is -2.15. The van der Waals surface area contributed by atoms with Crippen LogP contribution in [0.5, 0.6) is 0 Å². The third-order valence-corrected chi connectivity index (χ3v) is 14.4. The molecular formula is C66H46N4. The Hall–Kier alpha value is -9.22. The van der Waals surface area contributed by atoms with Crippen molar-refractivity contribution in [2.24, 2.45) is 0 Å². The Bertz CT molecular complexity index is 3720. The van der Waals surface area contributed by atoms with Gasteiger partial charge < -0.3 is 9.13 Å². The Labute approximate surface area is 407 Å². The van der Waals surface area contributed by atoms with Gasteiger partial charge in [-0.2, -0.15) is 10.5 Å². The number of nitriles is 2. The number of rotatable bonds is 7. The zero-order valence-corrected chi connectivity index (χ0v) is 39.4. The number of hydrogen-bond acceptors (Lipinski definition) is 2. The molecular weight excluding hydrogens is 849 g/mol. The van der Waals surface area contributed by atoms with Crippen LogP contribution in [0.25, 0.3) is 111 Å². The van der Waals surface area contributed by atoms with Crippen LogP contribution in [-0.4, -0.2) is 9.13 Å². The third kappa shape index (κ3) is 6.89.